The van der Waals surface area contributed by atoms with E-state index in [1.807, 2.05) is 0 Å². The first-order valence-corrected chi connectivity index (χ1v) is 11.2. The van der Waals surface area contributed by atoms with Crippen LogP contribution in [-0.2, 0) is 23.7 Å². The van der Waals surface area contributed by atoms with Crippen molar-refractivity contribution in [3.05, 3.63) is 0 Å². The second-order valence-corrected chi connectivity index (χ2v) is 7.75. The second kappa shape index (κ2) is 14.8. The Morgan fingerprint density at radius 2 is 1.38 bits per heavy atom. The average molecular weight is 523 g/mol. The minimum Gasteiger partial charge on any atom is -0.456 e. The fourth-order valence-electron chi connectivity index (χ4n) is 3.45. The summed E-state index contributed by atoms with van der Waals surface area (Å²) in [5, 5.41) is 2.70. The Kier molecular flexibility index (Phi) is 12.4. The van der Waals surface area contributed by atoms with Crippen molar-refractivity contribution in [2.45, 2.75) is 25.7 Å². The van der Waals surface area contributed by atoms with Crippen molar-refractivity contribution in [1.82, 2.24) is 5.32 Å². The lowest BCUT2D eigenvalue weighted by atomic mass is 10.1. The van der Waals surface area contributed by atoms with Crippen molar-refractivity contribution in [3.8, 4) is 11.8 Å². The zero-order chi connectivity index (χ0) is 20.7. The van der Waals surface area contributed by atoms with Crippen molar-refractivity contribution in [3.63, 3.8) is 0 Å². The van der Waals surface area contributed by atoms with Gasteiger partial charge in [-0.25, -0.2) is 9.59 Å². The first-order valence-electron chi connectivity index (χ1n) is 10.1. The molecule has 1 saturated carbocycles. The highest BCUT2D eigenvalue weighted by Gasteiger charge is 2.49. The van der Waals surface area contributed by atoms with Gasteiger partial charge in [0, 0.05) is 19.4 Å². The van der Waals surface area contributed by atoms with E-state index in [4.69, 9.17) is 23.7 Å². The molecular weight excluding hydrogens is 493 g/mol. The maximum atomic E-state index is 11.8. The Bertz CT molecular complexity index is 545. The van der Waals surface area contributed by atoms with Crippen molar-refractivity contribution in [2.24, 2.45) is 17.8 Å². The van der Waals surface area contributed by atoms with Crippen LogP contribution in [-0.4, -0.2) is 69.5 Å². The van der Waals surface area contributed by atoms with E-state index in [0.29, 0.717) is 70.5 Å². The Hall–Kier alpha value is -1.09. The Labute approximate surface area is 185 Å². The van der Waals surface area contributed by atoms with E-state index in [9.17, 15) is 9.59 Å². The first-order chi connectivity index (χ1) is 14.2. The lowest BCUT2D eigenvalue weighted by Gasteiger charge is -2.08. The molecule has 1 N–H and O–H groups in total. The smallest absolute Gasteiger partial charge is 0.407 e. The van der Waals surface area contributed by atoms with Gasteiger partial charge in [-0.3, -0.25) is 0 Å². The van der Waals surface area contributed by atoms with Crippen LogP contribution in [0.1, 0.15) is 25.7 Å². The molecule has 0 aromatic heterocycles. The molecule has 9 heteroatoms. The van der Waals surface area contributed by atoms with E-state index >= 15 is 0 Å². The number of ether oxygens (including phenoxy) is 5. The summed E-state index contributed by atoms with van der Waals surface area (Å²) in [6.45, 7) is 3.68. The predicted octanol–water partition coefficient (Wildman–Crippen LogP) is 2.77. The van der Waals surface area contributed by atoms with Gasteiger partial charge in [0.2, 0.25) is 0 Å². The Balaban J connectivity index is 1.32. The molecular formula is C20H30INO7. The van der Waals surface area contributed by atoms with Crippen molar-refractivity contribution in [2.75, 3.05) is 59.4 Å². The molecule has 164 valence electrons. The van der Waals surface area contributed by atoms with Crippen LogP contribution >= 0.6 is 22.6 Å². The number of carbonyl (C=O) groups excluding carboxylic acids is 2. The second-order valence-electron chi connectivity index (χ2n) is 6.87. The van der Waals surface area contributed by atoms with Gasteiger partial charge in [-0.05, 0) is 30.6 Å². The van der Waals surface area contributed by atoms with Gasteiger partial charge >= 0.3 is 10.1 Å². The zero-order valence-corrected chi connectivity index (χ0v) is 18.8. The minimum atomic E-state index is -0.384. The predicted molar refractivity (Wildman–Crippen MR) is 114 cm³/mol. The maximum absolute atomic E-state index is 11.8. The van der Waals surface area contributed by atoms with Crippen molar-refractivity contribution < 1.29 is 33.3 Å². The van der Waals surface area contributed by atoms with Gasteiger partial charge < -0.3 is 29.0 Å². The van der Waals surface area contributed by atoms with E-state index in [1.54, 1.807) is 22.6 Å². The van der Waals surface area contributed by atoms with Crippen LogP contribution in [0.15, 0.2) is 0 Å². The molecule has 3 atom stereocenters. The molecule has 1 fully saturated rings. The van der Waals surface area contributed by atoms with Gasteiger partial charge in [-0.2, -0.15) is 0 Å². The molecule has 0 heterocycles. The molecule has 0 bridgehead atoms. The number of fused-ring (bicyclic) bond motifs is 1. The number of halogens is 1. The molecule has 8 nitrogen and oxygen atoms in total. The molecule has 0 aromatic carbocycles. The summed E-state index contributed by atoms with van der Waals surface area (Å²) in [5.41, 5.74) is 0. The fourth-order valence-corrected chi connectivity index (χ4v) is 3.67. The summed E-state index contributed by atoms with van der Waals surface area (Å²) in [4.78, 5) is 22.3. The molecule has 0 spiro atoms. The molecule has 29 heavy (non-hydrogen) atoms. The van der Waals surface area contributed by atoms with Crippen LogP contribution in [0.25, 0.3) is 0 Å². The molecule has 2 aliphatic rings. The number of hydrogen-bond donors (Lipinski definition) is 1. The SMILES string of the molecule is O=C(I)OCCOCCOCCOCCNC(=O)OCC1[C@H]2CCC#CCC[C@@H]12. The lowest BCUT2D eigenvalue weighted by molar-refractivity contribution is 0.00771. The molecule has 0 saturated heterocycles. The topological polar surface area (TPSA) is 92.3 Å². The lowest BCUT2D eigenvalue weighted by Crippen LogP contribution is -2.29. The summed E-state index contributed by atoms with van der Waals surface area (Å²) < 4.78 is 25.7. The number of hydrogen-bond acceptors (Lipinski definition) is 7. The molecule has 0 aromatic rings. The van der Waals surface area contributed by atoms with Crippen LogP contribution in [0.3, 0.4) is 0 Å². The minimum absolute atomic E-state index is 0.247. The number of nitrogens with one attached hydrogen (secondary N) is 1. The van der Waals surface area contributed by atoms with E-state index in [0.717, 1.165) is 25.7 Å². The third-order valence-electron chi connectivity index (χ3n) is 4.95. The molecule has 0 aliphatic heterocycles. The summed E-state index contributed by atoms with van der Waals surface area (Å²) in [6, 6.07) is 0. The standard InChI is InChI=1S/C20H30INO7/c21-19(23)28-14-13-27-12-11-26-10-9-25-8-7-22-20(24)29-15-18-16-5-3-1-2-4-6-17(16)18/h16-18H,3-15H2,(H,22,24)/t16-,17+,18?. The van der Waals surface area contributed by atoms with Crippen LogP contribution in [0.2, 0.25) is 0 Å². The third kappa shape index (κ3) is 11.0. The third-order valence-corrected chi connectivity index (χ3v) is 5.26. The van der Waals surface area contributed by atoms with E-state index in [1.165, 1.54) is 0 Å². The summed E-state index contributed by atoms with van der Waals surface area (Å²) in [6.07, 6.45) is 3.81. The van der Waals surface area contributed by atoms with E-state index < -0.39 is 0 Å². The molecule has 0 radical (unpaired) electrons. The van der Waals surface area contributed by atoms with Crippen molar-refractivity contribution >= 4 is 32.7 Å². The highest BCUT2D eigenvalue weighted by atomic mass is 127. The first kappa shape index (κ1) is 24.2. The van der Waals surface area contributed by atoms with Crippen LogP contribution in [0.4, 0.5) is 9.59 Å². The zero-order valence-electron chi connectivity index (χ0n) is 16.7. The van der Waals surface area contributed by atoms with Crippen LogP contribution < -0.4 is 5.32 Å². The Morgan fingerprint density at radius 3 is 1.97 bits per heavy atom. The fraction of sp³-hybridized carbons (Fsp3) is 0.800. The summed E-state index contributed by atoms with van der Waals surface area (Å²) in [5.74, 6) is 8.23. The monoisotopic (exact) mass is 523 g/mol. The largest absolute Gasteiger partial charge is 0.456 e. The molecule has 1 amide bonds. The highest BCUT2D eigenvalue weighted by Crippen LogP contribution is 2.52. The average Bonchev–Trinajstić information content (AvgIpc) is 3.32. The van der Waals surface area contributed by atoms with Crippen LogP contribution in [0, 0.1) is 29.6 Å². The molecule has 2 aliphatic carbocycles. The van der Waals surface area contributed by atoms with Crippen molar-refractivity contribution in [1.29, 1.82) is 0 Å². The molecule has 2 rings (SSSR count). The van der Waals surface area contributed by atoms with Gasteiger partial charge in [0.1, 0.15) is 6.61 Å². The van der Waals surface area contributed by atoms with Gasteiger partial charge in [0.05, 0.1) is 68.8 Å². The van der Waals surface area contributed by atoms with Gasteiger partial charge in [0.15, 0.2) is 0 Å². The van der Waals surface area contributed by atoms with Gasteiger partial charge in [0.25, 0.3) is 0 Å². The number of carbonyl (C=O) groups is 2. The summed E-state index contributed by atoms with van der Waals surface area (Å²) >= 11 is 1.57. The number of amides is 1. The van der Waals surface area contributed by atoms with E-state index in [2.05, 4.69) is 17.2 Å². The van der Waals surface area contributed by atoms with Gasteiger partial charge in [-0.15, -0.1) is 11.8 Å². The van der Waals surface area contributed by atoms with E-state index in [-0.39, 0.29) is 16.7 Å². The van der Waals surface area contributed by atoms with Crippen LogP contribution in [0.5, 0.6) is 0 Å². The van der Waals surface area contributed by atoms with Gasteiger partial charge in [-0.1, -0.05) is 0 Å². The normalized spacial score (nSPS) is 22.3. The Morgan fingerprint density at radius 1 is 0.828 bits per heavy atom. The number of rotatable bonds is 14. The number of alkyl carbamates (subject to hydrolysis) is 1. The quantitative estimate of drug-likeness (QED) is 0.162. The molecule has 1 unspecified atom stereocenters. The highest BCUT2D eigenvalue weighted by molar-refractivity contribution is 14.1. The summed E-state index contributed by atoms with van der Waals surface area (Å²) in [7, 11) is 0. The maximum Gasteiger partial charge on any atom is 0.407 e.